The Kier molecular flexibility index (Phi) is 3.66. The zero-order valence-corrected chi connectivity index (χ0v) is 10.7. The summed E-state index contributed by atoms with van der Waals surface area (Å²) in [5, 5.41) is 2.49. The zero-order valence-electron chi connectivity index (χ0n) is 10.7. The third kappa shape index (κ3) is 2.75. The molecule has 10 heteroatoms. The number of anilines is 2. The fraction of sp³-hybridized carbons (Fsp3) is 0.200. The number of likely N-dealkylation sites (N-methyl/N-ethyl adjacent to an activating group) is 1. The molecule has 0 aliphatic carbocycles. The van der Waals surface area contributed by atoms with Gasteiger partial charge in [0.1, 0.15) is 11.7 Å². The highest BCUT2D eigenvalue weighted by Gasteiger charge is 2.15. The average molecular weight is 277 g/mol. The van der Waals surface area contributed by atoms with Crippen molar-refractivity contribution in [3.8, 4) is 0 Å². The number of aromatic nitrogens is 4. The molecule has 0 saturated carbocycles. The van der Waals surface area contributed by atoms with Crippen molar-refractivity contribution in [3.63, 3.8) is 0 Å². The minimum atomic E-state index is -0.279. The molecule has 8 N–H and O–H groups in total. The van der Waals surface area contributed by atoms with E-state index in [0.717, 1.165) is 0 Å². The van der Waals surface area contributed by atoms with Crippen molar-refractivity contribution in [3.05, 3.63) is 18.6 Å². The number of carbonyl (C=O) groups excluding carboxylic acids is 1. The number of carbonyl (C=O) groups is 1. The Balaban J connectivity index is 0.000000151. The summed E-state index contributed by atoms with van der Waals surface area (Å²) in [4.78, 5) is 26.4. The predicted molar refractivity (Wildman–Crippen MR) is 73.9 cm³/mol. The molecule has 2 aromatic rings. The lowest BCUT2D eigenvalue weighted by atomic mass is 10.4. The predicted octanol–water partition coefficient (Wildman–Crippen LogP) is -1.04. The molecule has 1 aliphatic rings. The van der Waals surface area contributed by atoms with Gasteiger partial charge in [-0.25, -0.2) is 9.78 Å². The van der Waals surface area contributed by atoms with Gasteiger partial charge in [-0.15, -0.1) is 0 Å². The second kappa shape index (κ2) is 5.40. The lowest BCUT2D eigenvalue weighted by Crippen LogP contribution is -2.48. The van der Waals surface area contributed by atoms with E-state index >= 15 is 0 Å². The van der Waals surface area contributed by atoms with Crippen LogP contribution in [0.1, 0.15) is 0 Å². The molecular formula is C10H15N9O. The van der Waals surface area contributed by atoms with Crippen LogP contribution in [0.5, 0.6) is 0 Å². The van der Waals surface area contributed by atoms with Crippen molar-refractivity contribution in [1.82, 2.24) is 30.2 Å². The summed E-state index contributed by atoms with van der Waals surface area (Å²) in [5.41, 5.74) is 17.4. The van der Waals surface area contributed by atoms with Gasteiger partial charge in [0.15, 0.2) is 11.5 Å². The van der Waals surface area contributed by atoms with Gasteiger partial charge in [-0.3, -0.25) is 0 Å². The van der Waals surface area contributed by atoms with E-state index in [4.69, 9.17) is 17.2 Å². The minimum absolute atomic E-state index is 0.141. The Morgan fingerprint density at radius 3 is 2.75 bits per heavy atom. The quantitative estimate of drug-likeness (QED) is 0.410. The van der Waals surface area contributed by atoms with Crippen LogP contribution in [0.3, 0.4) is 0 Å². The molecule has 106 valence electrons. The SMILES string of the molecule is CN1C(=O)NC=CC1N.Nc1nc(N)c2[nH]cnc2n1. The summed E-state index contributed by atoms with van der Waals surface area (Å²) >= 11 is 0. The van der Waals surface area contributed by atoms with Crippen LogP contribution in [0, 0.1) is 0 Å². The topological polar surface area (TPSA) is 165 Å². The van der Waals surface area contributed by atoms with Crippen molar-refractivity contribution in [2.75, 3.05) is 18.5 Å². The first-order valence-electron chi connectivity index (χ1n) is 5.66. The number of aromatic amines is 1. The van der Waals surface area contributed by atoms with Gasteiger partial charge in [-0.05, 0) is 6.08 Å². The number of amides is 2. The van der Waals surface area contributed by atoms with E-state index in [9.17, 15) is 4.79 Å². The second-order valence-electron chi connectivity index (χ2n) is 3.98. The number of nitrogens with zero attached hydrogens (tertiary/aromatic N) is 4. The van der Waals surface area contributed by atoms with Crippen molar-refractivity contribution in [2.45, 2.75) is 6.17 Å². The number of imidazole rings is 1. The summed E-state index contributed by atoms with van der Waals surface area (Å²) < 4.78 is 0. The normalized spacial score (nSPS) is 17.6. The summed E-state index contributed by atoms with van der Waals surface area (Å²) in [6.07, 6.45) is 4.47. The summed E-state index contributed by atoms with van der Waals surface area (Å²) in [6.45, 7) is 0. The lowest BCUT2D eigenvalue weighted by Gasteiger charge is -2.24. The Morgan fingerprint density at radius 2 is 2.10 bits per heavy atom. The van der Waals surface area contributed by atoms with Crippen molar-refractivity contribution >= 4 is 29.0 Å². The highest BCUT2D eigenvalue weighted by atomic mass is 16.2. The maximum Gasteiger partial charge on any atom is 0.322 e. The standard InChI is InChI=1S/C5H6N6.C5H9N3O/c6-3-2-4(9-1-8-2)11-5(7)10-3;1-8-4(6)2-3-7-5(8)9/h1H,(H5,6,7,8,9,10,11);2-4H,6H2,1H3,(H,7,9). The molecule has 0 spiro atoms. The molecule has 0 aromatic carbocycles. The molecule has 10 nitrogen and oxygen atoms in total. The first-order chi connectivity index (χ1) is 9.49. The van der Waals surface area contributed by atoms with Gasteiger partial charge in [-0.2, -0.15) is 9.97 Å². The third-order valence-corrected chi connectivity index (χ3v) is 2.60. The van der Waals surface area contributed by atoms with Gasteiger partial charge in [0.2, 0.25) is 5.95 Å². The van der Waals surface area contributed by atoms with Crippen LogP contribution in [0.15, 0.2) is 18.6 Å². The summed E-state index contributed by atoms with van der Waals surface area (Å²) in [6, 6.07) is -0.162. The summed E-state index contributed by atoms with van der Waals surface area (Å²) in [5.74, 6) is 0.465. The number of H-pyrrole nitrogens is 1. The Hall–Kier alpha value is -2.88. The third-order valence-electron chi connectivity index (χ3n) is 2.60. The molecular weight excluding hydrogens is 262 g/mol. The van der Waals surface area contributed by atoms with E-state index in [2.05, 4.69) is 25.3 Å². The Bertz CT molecular complexity index is 649. The van der Waals surface area contributed by atoms with Gasteiger partial charge >= 0.3 is 6.03 Å². The number of nitrogens with one attached hydrogen (secondary N) is 2. The van der Waals surface area contributed by atoms with Gasteiger partial charge in [0.25, 0.3) is 0 Å². The first kappa shape index (κ1) is 13.5. The number of urea groups is 1. The molecule has 1 unspecified atom stereocenters. The Morgan fingerprint density at radius 1 is 1.35 bits per heavy atom. The zero-order chi connectivity index (χ0) is 14.7. The van der Waals surface area contributed by atoms with E-state index in [1.54, 1.807) is 19.3 Å². The highest BCUT2D eigenvalue weighted by Crippen LogP contribution is 2.12. The largest absolute Gasteiger partial charge is 0.382 e. The van der Waals surface area contributed by atoms with Gasteiger partial charge < -0.3 is 32.4 Å². The monoisotopic (exact) mass is 277 g/mol. The maximum absolute atomic E-state index is 10.7. The molecule has 1 aliphatic heterocycles. The maximum atomic E-state index is 10.7. The van der Waals surface area contributed by atoms with E-state index < -0.39 is 0 Å². The van der Waals surface area contributed by atoms with Crippen LogP contribution in [-0.2, 0) is 0 Å². The minimum Gasteiger partial charge on any atom is -0.382 e. The molecule has 0 bridgehead atoms. The number of hydrogen-bond donors (Lipinski definition) is 5. The molecule has 20 heavy (non-hydrogen) atoms. The van der Waals surface area contributed by atoms with E-state index in [-0.39, 0.29) is 18.1 Å². The number of rotatable bonds is 0. The van der Waals surface area contributed by atoms with Crippen LogP contribution in [-0.4, -0.2) is 44.1 Å². The van der Waals surface area contributed by atoms with Crippen molar-refractivity contribution in [2.24, 2.45) is 5.73 Å². The van der Waals surface area contributed by atoms with E-state index in [0.29, 0.717) is 17.0 Å². The van der Waals surface area contributed by atoms with E-state index in [1.165, 1.54) is 11.2 Å². The summed E-state index contributed by atoms with van der Waals surface area (Å²) in [7, 11) is 1.64. The molecule has 0 saturated heterocycles. The van der Waals surface area contributed by atoms with Crippen LogP contribution in [0.4, 0.5) is 16.6 Å². The number of nitrogens with two attached hydrogens (primary N) is 3. The van der Waals surface area contributed by atoms with E-state index in [1.807, 2.05) is 0 Å². The average Bonchev–Trinajstić information content (AvgIpc) is 2.85. The smallest absolute Gasteiger partial charge is 0.322 e. The number of nitrogen functional groups attached to an aromatic ring is 2. The molecule has 2 amide bonds. The molecule has 1 atom stereocenters. The van der Waals surface area contributed by atoms with Crippen molar-refractivity contribution in [1.29, 1.82) is 0 Å². The molecule has 2 aromatic heterocycles. The van der Waals surface area contributed by atoms with Crippen LogP contribution in [0.2, 0.25) is 0 Å². The lowest BCUT2D eigenvalue weighted by molar-refractivity contribution is 0.200. The van der Waals surface area contributed by atoms with Gasteiger partial charge in [0.05, 0.1) is 6.33 Å². The van der Waals surface area contributed by atoms with Gasteiger partial charge in [-0.1, -0.05) is 0 Å². The van der Waals surface area contributed by atoms with Gasteiger partial charge in [0, 0.05) is 13.2 Å². The number of fused-ring (bicyclic) bond motifs is 1. The highest BCUT2D eigenvalue weighted by molar-refractivity contribution is 5.81. The van der Waals surface area contributed by atoms with Crippen LogP contribution in [0.25, 0.3) is 11.2 Å². The number of hydrogen-bond acceptors (Lipinski definition) is 7. The second-order valence-corrected chi connectivity index (χ2v) is 3.98. The fourth-order valence-electron chi connectivity index (χ4n) is 1.46. The molecule has 0 fully saturated rings. The molecule has 0 radical (unpaired) electrons. The Labute approximate surface area is 114 Å². The molecule has 3 heterocycles. The first-order valence-corrected chi connectivity index (χ1v) is 5.66. The fourth-order valence-corrected chi connectivity index (χ4v) is 1.46. The molecule has 3 rings (SSSR count). The van der Waals surface area contributed by atoms with Crippen LogP contribution < -0.4 is 22.5 Å². The van der Waals surface area contributed by atoms with Crippen LogP contribution >= 0.6 is 0 Å². The van der Waals surface area contributed by atoms with Crippen molar-refractivity contribution < 1.29 is 4.79 Å².